The molecule has 2 rings (SSSR count). The molecule has 0 unspecified atom stereocenters. The van der Waals surface area contributed by atoms with Gasteiger partial charge in [-0.25, -0.2) is 0 Å². The van der Waals surface area contributed by atoms with Crippen LogP contribution in [0.5, 0.6) is 0 Å². The molecule has 0 fully saturated rings. The normalized spacial score (nSPS) is 10.5. The lowest BCUT2D eigenvalue weighted by Gasteiger charge is -2.22. The molecule has 2 N–H and O–H groups in total. The maximum Gasteiger partial charge on any atom is 0.0437 e. The predicted molar refractivity (Wildman–Crippen MR) is 85.3 cm³/mol. The van der Waals surface area contributed by atoms with Gasteiger partial charge in [0.25, 0.3) is 0 Å². The summed E-state index contributed by atoms with van der Waals surface area (Å²) in [6, 6.07) is 14.7. The number of aryl methyl sites for hydroxylation is 1. The first-order valence-electron chi connectivity index (χ1n) is 6.36. The Balaban J connectivity index is 2.21. The molecule has 0 heterocycles. The highest BCUT2D eigenvalue weighted by molar-refractivity contribution is 9.10. The van der Waals surface area contributed by atoms with Gasteiger partial charge in [0.15, 0.2) is 0 Å². The molecule has 3 heteroatoms. The van der Waals surface area contributed by atoms with Crippen LogP contribution in [0.1, 0.15) is 16.7 Å². The van der Waals surface area contributed by atoms with Crippen molar-refractivity contribution in [3.8, 4) is 0 Å². The van der Waals surface area contributed by atoms with Crippen LogP contribution < -0.4 is 10.6 Å². The van der Waals surface area contributed by atoms with E-state index in [0.717, 1.165) is 11.0 Å². The number of halogens is 1. The second kappa shape index (κ2) is 6.22. The topological polar surface area (TPSA) is 29.3 Å². The third kappa shape index (κ3) is 3.37. The van der Waals surface area contributed by atoms with Crippen molar-refractivity contribution >= 4 is 21.6 Å². The van der Waals surface area contributed by atoms with Gasteiger partial charge in [-0.3, -0.25) is 0 Å². The summed E-state index contributed by atoms with van der Waals surface area (Å²) in [6.45, 7) is 3.60. The van der Waals surface area contributed by atoms with E-state index < -0.39 is 0 Å². The van der Waals surface area contributed by atoms with Crippen molar-refractivity contribution in [3.63, 3.8) is 0 Å². The van der Waals surface area contributed by atoms with E-state index in [2.05, 4.69) is 71.2 Å². The molecule has 0 spiro atoms. The van der Waals surface area contributed by atoms with Gasteiger partial charge in [0, 0.05) is 30.3 Å². The summed E-state index contributed by atoms with van der Waals surface area (Å²) >= 11 is 3.60. The SMILES string of the molecule is Cc1cc(CN)ccc1N(C)Cc1ccccc1Br. The number of hydrogen-bond donors (Lipinski definition) is 1. The van der Waals surface area contributed by atoms with Crippen molar-refractivity contribution < 1.29 is 0 Å². The van der Waals surface area contributed by atoms with E-state index in [1.165, 1.54) is 22.4 Å². The molecule has 2 aromatic carbocycles. The number of rotatable bonds is 4. The van der Waals surface area contributed by atoms with Gasteiger partial charge in [0.05, 0.1) is 0 Å². The summed E-state index contributed by atoms with van der Waals surface area (Å²) < 4.78 is 1.15. The van der Waals surface area contributed by atoms with E-state index in [1.807, 2.05) is 6.07 Å². The first kappa shape index (κ1) is 14.1. The third-order valence-corrected chi connectivity index (χ3v) is 4.05. The Bertz CT molecular complexity index is 566. The first-order chi connectivity index (χ1) is 9.11. The van der Waals surface area contributed by atoms with Crippen LogP contribution >= 0.6 is 15.9 Å². The molecule has 2 nitrogen and oxygen atoms in total. The Hall–Kier alpha value is -1.32. The first-order valence-corrected chi connectivity index (χ1v) is 7.15. The van der Waals surface area contributed by atoms with Crippen molar-refractivity contribution in [2.45, 2.75) is 20.0 Å². The quantitative estimate of drug-likeness (QED) is 0.927. The minimum atomic E-state index is 0.592. The van der Waals surface area contributed by atoms with Gasteiger partial charge >= 0.3 is 0 Å². The van der Waals surface area contributed by atoms with Crippen LogP contribution in [0.15, 0.2) is 46.9 Å². The van der Waals surface area contributed by atoms with Crippen LogP contribution in [0.25, 0.3) is 0 Å². The van der Waals surface area contributed by atoms with Crippen molar-refractivity contribution in [3.05, 3.63) is 63.6 Å². The van der Waals surface area contributed by atoms with Gasteiger partial charge in [-0.15, -0.1) is 0 Å². The zero-order valence-corrected chi connectivity index (χ0v) is 12.9. The lowest BCUT2D eigenvalue weighted by Crippen LogP contribution is -2.18. The van der Waals surface area contributed by atoms with Crippen LogP contribution in [-0.2, 0) is 13.1 Å². The van der Waals surface area contributed by atoms with Crippen LogP contribution in [0.3, 0.4) is 0 Å². The molecule has 0 aliphatic carbocycles. The molecule has 0 atom stereocenters. The van der Waals surface area contributed by atoms with Crippen molar-refractivity contribution in [2.24, 2.45) is 5.73 Å². The molecular formula is C16H19BrN2. The lowest BCUT2D eigenvalue weighted by molar-refractivity contribution is 0.910. The second-order valence-corrected chi connectivity index (χ2v) is 5.63. The minimum absolute atomic E-state index is 0.592. The van der Waals surface area contributed by atoms with E-state index in [9.17, 15) is 0 Å². The van der Waals surface area contributed by atoms with Gasteiger partial charge in [-0.1, -0.05) is 46.3 Å². The number of benzene rings is 2. The van der Waals surface area contributed by atoms with Crippen LogP contribution in [-0.4, -0.2) is 7.05 Å². The number of nitrogens with two attached hydrogens (primary N) is 1. The van der Waals surface area contributed by atoms with E-state index >= 15 is 0 Å². The Labute approximate surface area is 123 Å². The largest absolute Gasteiger partial charge is 0.370 e. The predicted octanol–water partition coefficient (Wildman–Crippen LogP) is 3.85. The molecule has 100 valence electrons. The molecule has 0 amide bonds. The number of anilines is 1. The molecule has 0 aliphatic heterocycles. The Morgan fingerprint density at radius 2 is 1.89 bits per heavy atom. The summed E-state index contributed by atoms with van der Waals surface area (Å²) in [5.41, 5.74) is 10.6. The molecule has 19 heavy (non-hydrogen) atoms. The lowest BCUT2D eigenvalue weighted by atomic mass is 10.1. The number of nitrogens with zero attached hydrogens (tertiary/aromatic N) is 1. The standard InChI is InChI=1S/C16H19BrN2/c1-12-9-13(10-18)7-8-16(12)19(2)11-14-5-3-4-6-15(14)17/h3-9H,10-11,18H2,1-2H3. The summed E-state index contributed by atoms with van der Waals surface area (Å²) in [4.78, 5) is 2.26. The van der Waals surface area contributed by atoms with Gasteiger partial charge in [-0.2, -0.15) is 0 Å². The summed E-state index contributed by atoms with van der Waals surface area (Å²) in [7, 11) is 2.11. The van der Waals surface area contributed by atoms with Gasteiger partial charge in [0.1, 0.15) is 0 Å². The van der Waals surface area contributed by atoms with E-state index in [-0.39, 0.29) is 0 Å². The Kier molecular flexibility index (Phi) is 4.61. The fourth-order valence-electron chi connectivity index (χ4n) is 2.24. The Morgan fingerprint density at radius 3 is 2.53 bits per heavy atom. The van der Waals surface area contributed by atoms with Gasteiger partial charge < -0.3 is 10.6 Å². The monoisotopic (exact) mass is 318 g/mol. The average molecular weight is 319 g/mol. The fourth-order valence-corrected chi connectivity index (χ4v) is 2.65. The van der Waals surface area contributed by atoms with E-state index in [0.29, 0.717) is 6.54 Å². The molecule has 0 aliphatic rings. The van der Waals surface area contributed by atoms with Gasteiger partial charge in [0.2, 0.25) is 0 Å². The molecular weight excluding hydrogens is 300 g/mol. The van der Waals surface area contributed by atoms with E-state index in [4.69, 9.17) is 5.73 Å². The Morgan fingerprint density at radius 1 is 1.16 bits per heavy atom. The molecule has 0 radical (unpaired) electrons. The molecule has 0 bridgehead atoms. The van der Waals surface area contributed by atoms with Crippen molar-refractivity contribution in [1.29, 1.82) is 0 Å². The van der Waals surface area contributed by atoms with Gasteiger partial charge in [-0.05, 0) is 35.7 Å². The molecule has 2 aromatic rings. The third-order valence-electron chi connectivity index (χ3n) is 3.27. The van der Waals surface area contributed by atoms with Crippen LogP contribution in [0, 0.1) is 6.92 Å². The van der Waals surface area contributed by atoms with E-state index in [1.54, 1.807) is 0 Å². The molecule has 0 aromatic heterocycles. The second-order valence-electron chi connectivity index (χ2n) is 4.77. The summed E-state index contributed by atoms with van der Waals surface area (Å²) in [5.74, 6) is 0. The minimum Gasteiger partial charge on any atom is -0.370 e. The van der Waals surface area contributed by atoms with Crippen molar-refractivity contribution in [1.82, 2.24) is 0 Å². The average Bonchev–Trinajstić information content (AvgIpc) is 2.41. The smallest absolute Gasteiger partial charge is 0.0437 e. The summed E-state index contributed by atoms with van der Waals surface area (Å²) in [6.07, 6.45) is 0. The summed E-state index contributed by atoms with van der Waals surface area (Å²) in [5, 5.41) is 0. The maximum atomic E-state index is 5.67. The van der Waals surface area contributed by atoms with Crippen LogP contribution in [0.2, 0.25) is 0 Å². The van der Waals surface area contributed by atoms with Crippen LogP contribution in [0.4, 0.5) is 5.69 Å². The number of hydrogen-bond acceptors (Lipinski definition) is 2. The zero-order valence-electron chi connectivity index (χ0n) is 11.4. The zero-order chi connectivity index (χ0) is 13.8. The maximum absolute atomic E-state index is 5.67. The fraction of sp³-hybridized carbons (Fsp3) is 0.250. The highest BCUT2D eigenvalue weighted by Gasteiger charge is 2.07. The molecule has 0 saturated carbocycles. The van der Waals surface area contributed by atoms with Crippen molar-refractivity contribution in [2.75, 3.05) is 11.9 Å². The molecule has 0 saturated heterocycles. The highest BCUT2D eigenvalue weighted by Crippen LogP contribution is 2.24. The highest BCUT2D eigenvalue weighted by atomic mass is 79.9.